The lowest BCUT2D eigenvalue weighted by molar-refractivity contribution is -0.137. The first-order valence-electron chi connectivity index (χ1n) is 9.88. The summed E-state index contributed by atoms with van der Waals surface area (Å²) in [5, 5.41) is 0. The van der Waals surface area contributed by atoms with E-state index in [2.05, 4.69) is 29.2 Å². The molecule has 3 rings (SSSR count). The zero-order chi connectivity index (χ0) is 19.4. The third kappa shape index (κ3) is 5.22. The van der Waals surface area contributed by atoms with Gasteiger partial charge in [0.1, 0.15) is 11.6 Å². The monoisotopic (exact) mass is 373 g/mol. The predicted molar refractivity (Wildman–Crippen MR) is 104 cm³/mol. The molecule has 2 aliphatic heterocycles. The summed E-state index contributed by atoms with van der Waals surface area (Å²) in [4.78, 5) is 31.3. The smallest absolute Gasteiger partial charge is 0.410 e. The Balaban J connectivity index is 1.53. The van der Waals surface area contributed by atoms with Crippen molar-refractivity contribution in [3.05, 3.63) is 35.9 Å². The van der Waals surface area contributed by atoms with Gasteiger partial charge in [-0.1, -0.05) is 30.3 Å². The molecule has 148 valence electrons. The summed E-state index contributed by atoms with van der Waals surface area (Å²) >= 11 is 0. The number of nitrogens with zero attached hydrogens (tertiary/aromatic N) is 3. The number of piperazine rings is 1. The maximum Gasteiger partial charge on any atom is 0.410 e. The summed E-state index contributed by atoms with van der Waals surface area (Å²) < 4.78 is 5.48. The Morgan fingerprint density at radius 3 is 2.33 bits per heavy atom. The zero-order valence-electron chi connectivity index (χ0n) is 16.7. The molecule has 0 bridgehead atoms. The molecule has 2 heterocycles. The van der Waals surface area contributed by atoms with Crippen LogP contribution in [-0.4, -0.2) is 71.1 Å². The van der Waals surface area contributed by atoms with E-state index in [1.165, 1.54) is 5.56 Å². The van der Waals surface area contributed by atoms with Gasteiger partial charge in [-0.05, 0) is 39.2 Å². The number of benzene rings is 1. The van der Waals surface area contributed by atoms with Crippen LogP contribution in [0.3, 0.4) is 0 Å². The van der Waals surface area contributed by atoms with Crippen molar-refractivity contribution >= 4 is 12.0 Å². The lowest BCUT2D eigenvalue weighted by atomic mass is 10.1. The summed E-state index contributed by atoms with van der Waals surface area (Å²) in [5.74, 6) is 0.0673. The Labute approximate surface area is 162 Å². The second kappa shape index (κ2) is 8.30. The second-order valence-electron chi connectivity index (χ2n) is 8.42. The van der Waals surface area contributed by atoms with Gasteiger partial charge in [0.25, 0.3) is 0 Å². The molecule has 1 aromatic rings. The molecule has 1 aromatic carbocycles. The number of carbonyl (C=O) groups is 2. The molecule has 2 fully saturated rings. The van der Waals surface area contributed by atoms with Gasteiger partial charge in [-0.25, -0.2) is 4.79 Å². The van der Waals surface area contributed by atoms with Crippen molar-refractivity contribution in [1.82, 2.24) is 14.7 Å². The van der Waals surface area contributed by atoms with E-state index in [9.17, 15) is 9.59 Å². The van der Waals surface area contributed by atoms with Crippen LogP contribution in [0.15, 0.2) is 30.3 Å². The third-order valence-electron chi connectivity index (χ3n) is 5.10. The van der Waals surface area contributed by atoms with Crippen LogP contribution in [-0.2, 0) is 16.1 Å². The Hall–Kier alpha value is -2.08. The third-order valence-corrected chi connectivity index (χ3v) is 5.10. The van der Waals surface area contributed by atoms with Crippen molar-refractivity contribution in [3.8, 4) is 0 Å². The van der Waals surface area contributed by atoms with Crippen molar-refractivity contribution in [2.75, 3.05) is 32.7 Å². The topological polar surface area (TPSA) is 53.1 Å². The first-order chi connectivity index (χ1) is 12.8. The molecule has 2 amide bonds. The first-order valence-corrected chi connectivity index (χ1v) is 9.88. The summed E-state index contributed by atoms with van der Waals surface area (Å²) in [6, 6.07) is 10.0. The molecule has 6 nitrogen and oxygen atoms in total. The molecule has 2 aliphatic rings. The van der Waals surface area contributed by atoms with Crippen LogP contribution in [0.1, 0.15) is 39.2 Å². The largest absolute Gasteiger partial charge is 0.444 e. The summed E-state index contributed by atoms with van der Waals surface area (Å²) in [7, 11) is 0. The SMILES string of the molecule is CC(C)(C)OC(=O)N1CCCC1C(=O)N1CCN(Cc2ccccc2)CC1. The number of likely N-dealkylation sites (tertiary alicyclic amines) is 1. The van der Waals surface area contributed by atoms with Gasteiger partial charge in [0, 0.05) is 39.3 Å². The van der Waals surface area contributed by atoms with Gasteiger partial charge in [-0.3, -0.25) is 14.6 Å². The van der Waals surface area contributed by atoms with Crippen LogP contribution in [0.5, 0.6) is 0 Å². The highest BCUT2D eigenvalue weighted by atomic mass is 16.6. The van der Waals surface area contributed by atoms with E-state index in [4.69, 9.17) is 4.74 Å². The zero-order valence-corrected chi connectivity index (χ0v) is 16.7. The van der Waals surface area contributed by atoms with Crippen LogP contribution in [0, 0.1) is 0 Å². The molecule has 2 saturated heterocycles. The number of carbonyl (C=O) groups excluding carboxylic acids is 2. The van der Waals surface area contributed by atoms with E-state index >= 15 is 0 Å². The molecule has 6 heteroatoms. The number of hydrogen-bond donors (Lipinski definition) is 0. The summed E-state index contributed by atoms with van der Waals surface area (Å²) in [5.41, 5.74) is 0.750. The van der Waals surface area contributed by atoms with Crippen molar-refractivity contribution in [2.45, 2.75) is 51.8 Å². The molecule has 0 aliphatic carbocycles. The van der Waals surface area contributed by atoms with Gasteiger partial charge >= 0.3 is 6.09 Å². The van der Waals surface area contributed by atoms with Gasteiger partial charge in [0.15, 0.2) is 0 Å². The van der Waals surface area contributed by atoms with Crippen molar-refractivity contribution in [3.63, 3.8) is 0 Å². The Kier molecular flexibility index (Phi) is 6.05. The minimum atomic E-state index is -0.545. The fourth-order valence-electron chi connectivity index (χ4n) is 3.74. The molecule has 0 spiro atoms. The van der Waals surface area contributed by atoms with Crippen molar-refractivity contribution in [1.29, 1.82) is 0 Å². The predicted octanol–water partition coefficient (Wildman–Crippen LogP) is 2.73. The molecule has 0 N–H and O–H groups in total. The van der Waals surface area contributed by atoms with E-state index in [1.807, 2.05) is 31.7 Å². The van der Waals surface area contributed by atoms with E-state index in [1.54, 1.807) is 4.90 Å². The molecular formula is C21H31N3O3. The molecule has 27 heavy (non-hydrogen) atoms. The normalized spacial score (nSPS) is 21.4. The van der Waals surface area contributed by atoms with Gasteiger partial charge in [-0.15, -0.1) is 0 Å². The number of hydrogen-bond acceptors (Lipinski definition) is 4. The Morgan fingerprint density at radius 2 is 1.70 bits per heavy atom. The lowest BCUT2D eigenvalue weighted by Gasteiger charge is -2.37. The standard InChI is InChI=1S/C21H31N3O3/c1-21(2,3)27-20(26)24-11-7-10-18(24)19(25)23-14-12-22(13-15-23)16-17-8-5-4-6-9-17/h4-6,8-9,18H,7,10-16H2,1-3H3. The fourth-order valence-corrected chi connectivity index (χ4v) is 3.74. The van der Waals surface area contributed by atoms with Crippen LogP contribution in [0.2, 0.25) is 0 Å². The van der Waals surface area contributed by atoms with Crippen LogP contribution < -0.4 is 0 Å². The van der Waals surface area contributed by atoms with Gasteiger partial charge in [0.2, 0.25) is 5.91 Å². The van der Waals surface area contributed by atoms with Gasteiger partial charge in [0.05, 0.1) is 0 Å². The summed E-state index contributed by atoms with van der Waals surface area (Å²) in [6.45, 7) is 10.2. The number of rotatable bonds is 3. The highest BCUT2D eigenvalue weighted by Gasteiger charge is 2.39. The van der Waals surface area contributed by atoms with E-state index < -0.39 is 5.60 Å². The Morgan fingerprint density at radius 1 is 1.04 bits per heavy atom. The Bertz CT molecular complexity index is 648. The minimum Gasteiger partial charge on any atom is -0.444 e. The van der Waals surface area contributed by atoms with Gasteiger partial charge < -0.3 is 9.64 Å². The average molecular weight is 373 g/mol. The van der Waals surface area contributed by atoms with E-state index in [0.29, 0.717) is 19.6 Å². The van der Waals surface area contributed by atoms with Crippen LogP contribution in [0.4, 0.5) is 4.79 Å². The van der Waals surface area contributed by atoms with Gasteiger partial charge in [-0.2, -0.15) is 0 Å². The first kappa shape index (κ1) is 19.7. The number of ether oxygens (including phenoxy) is 1. The van der Waals surface area contributed by atoms with Crippen LogP contribution in [0.25, 0.3) is 0 Å². The average Bonchev–Trinajstić information content (AvgIpc) is 3.11. The highest BCUT2D eigenvalue weighted by Crippen LogP contribution is 2.23. The quantitative estimate of drug-likeness (QED) is 0.818. The minimum absolute atomic E-state index is 0.0673. The fraction of sp³-hybridized carbons (Fsp3) is 0.619. The molecular weight excluding hydrogens is 342 g/mol. The van der Waals surface area contributed by atoms with Crippen molar-refractivity contribution < 1.29 is 14.3 Å². The highest BCUT2D eigenvalue weighted by molar-refractivity contribution is 5.86. The summed E-state index contributed by atoms with van der Waals surface area (Å²) in [6.07, 6.45) is 1.20. The maximum absolute atomic E-state index is 13.0. The molecule has 0 aromatic heterocycles. The molecule has 1 unspecified atom stereocenters. The lowest BCUT2D eigenvalue weighted by Crippen LogP contribution is -2.54. The maximum atomic E-state index is 13.0. The molecule has 0 saturated carbocycles. The van der Waals surface area contributed by atoms with E-state index in [-0.39, 0.29) is 18.0 Å². The molecule has 1 atom stereocenters. The van der Waals surface area contributed by atoms with E-state index in [0.717, 1.165) is 32.5 Å². The van der Waals surface area contributed by atoms with Crippen molar-refractivity contribution in [2.24, 2.45) is 0 Å². The molecule has 0 radical (unpaired) electrons. The van der Waals surface area contributed by atoms with Crippen LogP contribution >= 0.6 is 0 Å². The second-order valence-corrected chi connectivity index (χ2v) is 8.42. The number of amides is 2.